The van der Waals surface area contributed by atoms with Crippen molar-refractivity contribution in [1.82, 2.24) is 30.0 Å². The third kappa shape index (κ3) is 3.98. The van der Waals surface area contributed by atoms with Crippen LogP contribution in [0.3, 0.4) is 0 Å². The van der Waals surface area contributed by atoms with Crippen LogP contribution in [-0.2, 0) is 13.1 Å². The molecule has 0 atom stereocenters. The van der Waals surface area contributed by atoms with Crippen molar-refractivity contribution in [2.45, 2.75) is 39.8 Å². The van der Waals surface area contributed by atoms with E-state index in [1.807, 2.05) is 31.2 Å². The summed E-state index contributed by atoms with van der Waals surface area (Å²) in [5, 5.41) is 7.64. The number of aromatic nitrogens is 4. The fourth-order valence-electron chi connectivity index (χ4n) is 3.50. The van der Waals surface area contributed by atoms with Gasteiger partial charge in [0.05, 0.1) is 35.2 Å². The summed E-state index contributed by atoms with van der Waals surface area (Å²) in [6, 6.07) is 9.75. The summed E-state index contributed by atoms with van der Waals surface area (Å²) in [6.07, 6.45) is 3.97. The number of carbonyl (C=O) groups is 1. The lowest BCUT2D eigenvalue weighted by Crippen LogP contribution is -2.40. The number of rotatable bonds is 6. The topological polar surface area (TPSA) is 75.9 Å². The highest BCUT2D eigenvalue weighted by Crippen LogP contribution is 2.46. The number of amides is 2. The van der Waals surface area contributed by atoms with Gasteiger partial charge in [-0.3, -0.25) is 9.67 Å². The molecular weight excluding hydrogens is 352 g/mol. The van der Waals surface area contributed by atoms with Crippen LogP contribution >= 0.6 is 0 Å². The van der Waals surface area contributed by atoms with E-state index >= 15 is 0 Å². The summed E-state index contributed by atoms with van der Waals surface area (Å²) in [6.45, 7) is 6.03. The average molecular weight is 378 g/mol. The Morgan fingerprint density at radius 3 is 2.68 bits per heavy atom. The van der Waals surface area contributed by atoms with Gasteiger partial charge in [-0.1, -0.05) is 12.1 Å². The fraction of sp³-hybridized carbons (Fsp3) is 0.429. The van der Waals surface area contributed by atoms with Gasteiger partial charge in [0.2, 0.25) is 0 Å². The molecule has 7 heteroatoms. The Balaban J connectivity index is 1.33. The quantitative estimate of drug-likeness (QED) is 0.715. The van der Waals surface area contributed by atoms with Gasteiger partial charge >= 0.3 is 6.03 Å². The molecule has 0 spiro atoms. The highest BCUT2D eigenvalue weighted by molar-refractivity contribution is 5.75. The Hall–Kier alpha value is -2.96. The van der Waals surface area contributed by atoms with Crippen LogP contribution in [0.4, 0.5) is 4.79 Å². The maximum absolute atomic E-state index is 12.6. The van der Waals surface area contributed by atoms with E-state index in [1.165, 1.54) is 5.69 Å². The molecule has 2 heterocycles. The third-order valence-corrected chi connectivity index (χ3v) is 5.40. The van der Waals surface area contributed by atoms with Crippen molar-refractivity contribution in [1.29, 1.82) is 0 Å². The van der Waals surface area contributed by atoms with Gasteiger partial charge in [-0.25, -0.2) is 9.78 Å². The smallest absolute Gasteiger partial charge is 0.317 e. The van der Waals surface area contributed by atoms with Crippen LogP contribution in [0.25, 0.3) is 11.0 Å². The zero-order chi connectivity index (χ0) is 19.7. The Morgan fingerprint density at radius 2 is 2.00 bits per heavy atom. The van der Waals surface area contributed by atoms with Gasteiger partial charge < -0.3 is 10.2 Å². The van der Waals surface area contributed by atoms with Gasteiger partial charge in [0.15, 0.2) is 0 Å². The number of carbonyl (C=O) groups excluding carboxylic acids is 1. The van der Waals surface area contributed by atoms with Crippen LogP contribution in [0.5, 0.6) is 0 Å². The van der Waals surface area contributed by atoms with Gasteiger partial charge in [0.1, 0.15) is 0 Å². The zero-order valence-electron chi connectivity index (χ0n) is 16.6. The van der Waals surface area contributed by atoms with Crippen LogP contribution in [0.1, 0.15) is 29.9 Å². The second-order valence-corrected chi connectivity index (χ2v) is 7.95. The molecule has 1 aliphatic rings. The monoisotopic (exact) mass is 378 g/mol. The minimum atomic E-state index is -0.0883. The predicted octanol–water partition coefficient (Wildman–Crippen LogP) is 3.06. The lowest BCUT2D eigenvalue weighted by Gasteiger charge is -2.21. The molecule has 1 N–H and O–H groups in total. The highest BCUT2D eigenvalue weighted by atomic mass is 16.2. The van der Waals surface area contributed by atoms with Gasteiger partial charge in [-0.15, -0.1) is 0 Å². The number of hydrogen-bond acceptors (Lipinski definition) is 4. The first kappa shape index (κ1) is 18.4. The van der Waals surface area contributed by atoms with E-state index in [2.05, 4.69) is 38.1 Å². The van der Waals surface area contributed by atoms with Crippen molar-refractivity contribution in [3.8, 4) is 0 Å². The van der Waals surface area contributed by atoms with E-state index in [-0.39, 0.29) is 11.4 Å². The van der Waals surface area contributed by atoms with Crippen molar-refractivity contribution < 1.29 is 4.79 Å². The summed E-state index contributed by atoms with van der Waals surface area (Å²) in [5.74, 6) is 0. The Labute approximate surface area is 164 Å². The molecule has 2 aromatic heterocycles. The Kier molecular flexibility index (Phi) is 4.75. The SMILES string of the molecule is Cc1cc(C)n(CC2(CNC(=O)N(C)Cc3cnc4ccccc4n3)CC2)n1. The first-order valence-electron chi connectivity index (χ1n) is 9.65. The number of para-hydroxylation sites is 2. The molecule has 0 saturated heterocycles. The summed E-state index contributed by atoms with van der Waals surface area (Å²) in [5.41, 5.74) is 4.81. The van der Waals surface area contributed by atoms with Crippen LogP contribution in [0, 0.1) is 19.3 Å². The van der Waals surface area contributed by atoms with Crippen molar-refractivity contribution in [3.05, 3.63) is 53.6 Å². The molecule has 1 saturated carbocycles. The summed E-state index contributed by atoms with van der Waals surface area (Å²) >= 11 is 0. The van der Waals surface area contributed by atoms with Crippen molar-refractivity contribution in [2.24, 2.45) is 5.41 Å². The second kappa shape index (κ2) is 7.22. The normalized spacial score (nSPS) is 14.8. The highest BCUT2D eigenvalue weighted by Gasteiger charge is 2.43. The molecule has 1 aliphatic carbocycles. The number of nitrogens with zero attached hydrogens (tertiary/aromatic N) is 5. The second-order valence-electron chi connectivity index (χ2n) is 7.95. The van der Waals surface area contributed by atoms with Gasteiger partial charge in [0, 0.05) is 31.2 Å². The first-order chi connectivity index (χ1) is 13.4. The first-order valence-corrected chi connectivity index (χ1v) is 9.65. The molecule has 3 aromatic rings. The summed E-state index contributed by atoms with van der Waals surface area (Å²) in [7, 11) is 1.78. The van der Waals surface area contributed by atoms with E-state index in [0.29, 0.717) is 13.1 Å². The molecule has 0 aliphatic heterocycles. The molecule has 4 rings (SSSR count). The number of nitrogens with one attached hydrogen (secondary N) is 1. The third-order valence-electron chi connectivity index (χ3n) is 5.40. The largest absolute Gasteiger partial charge is 0.337 e. The number of benzene rings is 1. The summed E-state index contributed by atoms with van der Waals surface area (Å²) in [4.78, 5) is 23.2. The predicted molar refractivity (Wildman–Crippen MR) is 108 cm³/mol. The van der Waals surface area contributed by atoms with Gasteiger partial charge in [0.25, 0.3) is 0 Å². The standard InChI is InChI=1S/C21H26N6O/c1-15-10-16(2)27(25-15)14-21(8-9-21)13-23-20(28)26(3)12-17-11-22-18-6-4-5-7-19(18)24-17/h4-7,10-11H,8-9,12-14H2,1-3H3,(H,23,28). The summed E-state index contributed by atoms with van der Waals surface area (Å²) < 4.78 is 2.06. The van der Waals surface area contributed by atoms with Crippen LogP contribution in [-0.4, -0.2) is 44.3 Å². The Bertz CT molecular complexity index is 1010. The number of hydrogen-bond donors (Lipinski definition) is 1. The maximum Gasteiger partial charge on any atom is 0.317 e. The molecule has 0 unspecified atom stereocenters. The molecular formula is C21H26N6O. The van der Waals surface area contributed by atoms with Gasteiger partial charge in [-0.05, 0) is 44.9 Å². The molecule has 0 radical (unpaired) electrons. The van der Waals surface area contributed by atoms with Crippen LogP contribution in [0.2, 0.25) is 0 Å². The van der Waals surface area contributed by atoms with Gasteiger partial charge in [-0.2, -0.15) is 5.10 Å². The van der Waals surface area contributed by atoms with Crippen molar-refractivity contribution in [2.75, 3.05) is 13.6 Å². The molecule has 0 bridgehead atoms. The molecule has 146 valence electrons. The van der Waals surface area contributed by atoms with E-state index in [4.69, 9.17) is 0 Å². The minimum absolute atomic E-state index is 0.0883. The number of fused-ring (bicyclic) bond motifs is 1. The van der Waals surface area contributed by atoms with Crippen LogP contribution < -0.4 is 5.32 Å². The Morgan fingerprint density at radius 1 is 1.25 bits per heavy atom. The van der Waals surface area contributed by atoms with Crippen molar-refractivity contribution >= 4 is 17.1 Å². The zero-order valence-corrected chi connectivity index (χ0v) is 16.6. The lowest BCUT2D eigenvalue weighted by atomic mass is 10.1. The van der Waals surface area contributed by atoms with Crippen molar-refractivity contribution in [3.63, 3.8) is 0 Å². The maximum atomic E-state index is 12.6. The van der Waals surface area contributed by atoms with E-state index in [1.54, 1.807) is 18.1 Å². The molecule has 2 amide bonds. The molecule has 1 aromatic carbocycles. The van der Waals surface area contributed by atoms with Crippen LogP contribution in [0.15, 0.2) is 36.5 Å². The minimum Gasteiger partial charge on any atom is -0.337 e. The number of aryl methyl sites for hydroxylation is 2. The molecule has 28 heavy (non-hydrogen) atoms. The average Bonchev–Trinajstić information content (AvgIpc) is 3.37. The van der Waals surface area contributed by atoms with E-state index in [0.717, 1.165) is 41.8 Å². The lowest BCUT2D eigenvalue weighted by molar-refractivity contribution is 0.202. The number of urea groups is 1. The van der Waals surface area contributed by atoms with E-state index < -0.39 is 0 Å². The molecule has 1 fully saturated rings. The molecule has 7 nitrogen and oxygen atoms in total. The van der Waals surface area contributed by atoms with E-state index in [9.17, 15) is 4.79 Å². The fourth-order valence-corrected chi connectivity index (χ4v) is 3.50.